The number of rotatable bonds is 3. The van der Waals surface area contributed by atoms with E-state index in [-0.39, 0.29) is 6.04 Å². The minimum atomic E-state index is -0.0947. The van der Waals surface area contributed by atoms with Crippen LogP contribution < -0.4 is 11.3 Å². The summed E-state index contributed by atoms with van der Waals surface area (Å²) in [4.78, 5) is 0. The van der Waals surface area contributed by atoms with Gasteiger partial charge in [0.2, 0.25) is 0 Å². The molecular formula is C11H16N2O2. The van der Waals surface area contributed by atoms with E-state index in [1.165, 1.54) is 0 Å². The van der Waals surface area contributed by atoms with Crippen LogP contribution in [0.2, 0.25) is 0 Å². The van der Waals surface area contributed by atoms with Crippen molar-refractivity contribution in [2.24, 2.45) is 5.84 Å². The SMILES string of the molecule is Cc1cc(C(NN)C2=CCCCO2)co1. The smallest absolute Gasteiger partial charge is 0.115 e. The highest BCUT2D eigenvalue weighted by atomic mass is 16.5. The van der Waals surface area contributed by atoms with Crippen LogP contribution in [-0.2, 0) is 4.74 Å². The molecule has 2 rings (SSSR count). The van der Waals surface area contributed by atoms with Gasteiger partial charge < -0.3 is 9.15 Å². The molecule has 1 unspecified atom stereocenters. The van der Waals surface area contributed by atoms with Gasteiger partial charge in [-0.1, -0.05) is 0 Å². The van der Waals surface area contributed by atoms with Gasteiger partial charge in [-0.25, -0.2) is 5.43 Å². The first kappa shape index (κ1) is 10.3. The normalized spacial score (nSPS) is 18.1. The highest BCUT2D eigenvalue weighted by Crippen LogP contribution is 2.26. The lowest BCUT2D eigenvalue weighted by molar-refractivity contribution is 0.167. The number of ether oxygens (including phenoxy) is 1. The Labute approximate surface area is 89.1 Å². The molecule has 0 aromatic carbocycles. The summed E-state index contributed by atoms with van der Waals surface area (Å²) in [5, 5.41) is 0. The van der Waals surface area contributed by atoms with Crippen molar-refractivity contribution in [3.05, 3.63) is 35.5 Å². The van der Waals surface area contributed by atoms with Gasteiger partial charge in [0.25, 0.3) is 0 Å². The van der Waals surface area contributed by atoms with Gasteiger partial charge in [0.1, 0.15) is 17.6 Å². The van der Waals surface area contributed by atoms with E-state index in [0.717, 1.165) is 36.5 Å². The van der Waals surface area contributed by atoms with Crippen molar-refractivity contribution in [3.8, 4) is 0 Å². The fourth-order valence-corrected chi connectivity index (χ4v) is 1.74. The molecule has 1 aliphatic heterocycles. The van der Waals surface area contributed by atoms with Crippen molar-refractivity contribution >= 4 is 0 Å². The molecule has 0 fully saturated rings. The highest BCUT2D eigenvalue weighted by molar-refractivity contribution is 5.24. The molecule has 4 heteroatoms. The number of hydrogen-bond donors (Lipinski definition) is 2. The van der Waals surface area contributed by atoms with E-state index in [2.05, 4.69) is 11.5 Å². The highest BCUT2D eigenvalue weighted by Gasteiger charge is 2.19. The molecule has 1 aromatic heterocycles. The molecule has 0 amide bonds. The average molecular weight is 208 g/mol. The van der Waals surface area contributed by atoms with E-state index >= 15 is 0 Å². The van der Waals surface area contributed by atoms with E-state index < -0.39 is 0 Å². The zero-order valence-corrected chi connectivity index (χ0v) is 8.82. The molecule has 0 bridgehead atoms. The molecule has 0 spiro atoms. The summed E-state index contributed by atoms with van der Waals surface area (Å²) in [6, 6.07) is 1.87. The Bertz CT molecular complexity index is 357. The van der Waals surface area contributed by atoms with Crippen LogP contribution in [0.15, 0.2) is 28.6 Å². The van der Waals surface area contributed by atoms with E-state index in [1.54, 1.807) is 6.26 Å². The number of hydrazine groups is 1. The fraction of sp³-hybridized carbons (Fsp3) is 0.455. The molecule has 15 heavy (non-hydrogen) atoms. The van der Waals surface area contributed by atoms with Crippen LogP contribution in [0.3, 0.4) is 0 Å². The van der Waals surface area contributed by atoms with E-state index in [9.17, 15) is 0 Å². The summed E-state index contributed by atoms with van der Waals surface area (Å²) in [5.74, 6) is 7.30. The van der Waals surface area contributed by atoms with Gasteiger partial charge in [-0.3, -0.25) is 5.84 Å². The first-order valence-corrected chi connectivity index (χ1v) is 5.15. The second-order valence-electron chi connectivity index (χ2n) is 3.69. The molecule has 1 aromatic rings. The summed E-state index contributed by atoms with van der Waals surface area (Å²) in [5.41, 5.74) is 3.75. The van der Waals surface area contributed by atoms with Crippen LogP contribution in [0.4, 0.5) is 0 Å². The van der Waals surface area contributed by atoms with Crippen LogP contribution in [0.1, 0.15) is 30.2 Å². The number of hydrogen-bond acceptors (Lipinski definition) is 4. The molecule has 2 heterocycles. The Morgan fingerprint density at radius 3 is 2.93 bits per heavy atom. The van der Waals surface area contributed by atoms with Gasteiger partial charge in [-0.15, -0.1) is 0 Å². The third kappa shape index (κ3) is 2.22. The number of aryl methyl sites for hydroxylation is 1. The lowest BCUT2D eigenvalue weighted by Crippen LogP contribution is -2.30. The van der Waals surface area contributed by atoms with Crippen LogP contribution in [0.5, 0.6) is 0 Å². The Morgan fingerprint density at radius 2 is 2.40 bits per heavy atom. The van der Waals surface area contributed by atoms with E-state index in [4.69, 9.17) is 15.0 Å². The lowest BCUT2D eigenvalue weighted by Gasteiger charge is -2.22. The first-order chi connectivity index (χ1) is 7.31. The summed E-state index contributed by atoms with van der Waals surface area (Å²) >= 11 is 0. The Morgan fingerprint density at radius 1 is 1.53 bits per heavy atom. The fourth-order valence-electron chi connectivity index (χ4n) is 1.74. The first-order valence-electron chi connectivity index (χ1n) is 5.15. The molecule has 1 atom stereocenters. The molecule has 3 N–H and O–H groups in total. The molecule has 0 saturated carbocycles. The monoisotopic (exact) mass is 208 g/mol. The van der Waals surface area contributed by atoms with Gasteiger partial charge >= 0.3 is 0 Å². The Kier molecular flexibility index (Phi) is 3.08. The van der Waals surface area contributed by atoms with Crippen molar-refractivity contribution in [3.63, 3.8) is 0 Å². The van der Waals surface area contributed by atoms with E-state index in [0.29, 0.717) is 0 Å². The van der Waals surface area contributed by atoms with Crippen LogP contribution in [0.25, 0.3) is 0 Å². The van der Waals surface area contributed by atoms with Crippen molar-refractivity contribution in [2.45, 2.75) is 25.8 Å². The van der Waals surface area contributed by atoms with Crippen LogP contribution in [-0.4, -0.2) is 6.61 Å². The molecular weight excluding hydrogens is 192 g/mol. The van der Waals surface area contributed by atoms with Gasteiger partial charge in [0.05, 0.1) is 12.9 Å². The van der Waals surface area contributed by atoms with Gasteiger partial charge in [0, 0.05) is 5.56 Å². The lowest BCUT2D eigenvalue weighted by atomic mass is 10.1. The maximum Gasteiger partial charge on any atom is 0.115 e. The number of allylic oxidation sites excluding steroid dienone is 1. The minimum absolute atomic E-state index is 0.0947. The quantitative estimate of drug-likeness (QED) is 0.587. The number of nitrogens with two attached hydrogens (primary N) is 1. The predicted octanol–water partition coefficient (Wildman–Crippen LogP) is 1.79. The van der Waals surface area contributed by atoms with Crippen LogP contribution in [0, 0.1) is 6.92 Å². The standard InChI is InChI=1S/C11H16N2O2/c1-8-6-9(7-15-8)11(13-12)10-4-2-3-5-14-10/h4,6-7,11,13H,2-3,5,12H2,1H3. The second-order valence-corrected chi connectivity index (χ2v) is 3.69. The second kappa shape index (κ2) is 4.51. The summed E-state index contributed by atoms with van der Waals surface area (Å²) in [6.45, 7) is 2.67. The molecule has 0 aliphatic carbocycles. The Hall–Kier alpha value is -1.26. The maximum atomic E-state index is 5.57. The van der Waals surface area contributed by atoms with Crippen molar-refractivity contribution < 1.29 is 9.15 Å². The molecule has 0 radical (unpaired) electrons. The van der Waals surface area contributed by atoms with Gasteiger partial charge in [-0.2, -0.15) is 0 Å². The van der Waals surface area contributed by atoms with E-state index in [1.807, 2.05) is 13.0 Å². The predicted molar refractivity (Wildman–Crippen MR) is 56.8 cm³/mol. The van der Waals surface area contributed by atoms with Crippen molar-refractivity contribution in [2.75, 3.05) is 6.61 Å². The summed E-state index contributed by atoms with van der Waals surface area (Å²) in [7, 11) is 0. The zero-order valence-electron chi connectivity index (χ0n) is 8.82. The average Bonchev–Trinajstić information content (AvgIpc) is 2.68. The van der Waals surface area contributed by atoms with Gasteiger partial charge in [-0.05, 0) is 31.9 Å². The number of nitrogens with one attached hydrogen (secondary N) is 1. The topological polar surface area (TPSA) is 60.4 Å². The number of furan rings is 1. The van der Waals surface area contributed by atoms with Crippen LogP contribution >= 0.6 is 0 Å². The molecule has 82 valence electrons. The van der Waals surface area contributed by atoms with Crippen molar-refractivity contribution in [1.82, 2.24) is 5.43 Å². The zero-order chi connectivity index (χ0) is 10.7. The van der Waals surface area contributed by atoms with Crippen molar-refractivity contribution in [1.29, 1.82) is 0 Å². The molecule has 1 aliphatic rings. The third-order valence-corrected chi connectivity index (χ3v) is 2.50. The minimum Gasteiger partial charge on any atom is -0.496 e. The largest absolute Gasteiger partial charge is 0.496 e. The van der Waals surface area contributed by atoms with Gasteiger partial charge in [0.15, 0.2) is 0 Å². The molecule has 0 saturated heterocycles. The maximum absolute atomic E-state index is 5.57. The molecule has 4 nitrogen and oxygen atoms in total. The summed E-state index contributed by atoms with van der Waals surface area (Å²) in [6.07, 6.45) is 5.91. The summed E-state index contributed by atoms with van der Waals surface area (Å²) < 4.78 is 10.8. The Balaban J connectivity index is 2.19. The third-order valence-electron chi connectivity index (χ3n) is 2.50.